The summed E-state index contributed by atoms with van der Waals surface area (Å²) in [5.41, 5.74) is 2.56. The van der Waals surface area contributed by atoms with E-state index in [9.17, 15) is 13.2 Å². The van der Waals surface area contributed by atoms with Gasteiger partial charge in [0.05, 0.1) is 4.90 Å². The molecular formula is C33H28N4O3S. The first-order valence-electron chi connectivity index (χ1n) is 13.3. The standard InChI is InChI=1S/C33H28N4O3S/c1-33(37-34-30-19-11-12-20-31(30)35-37,27-21-22-36(24-27)41(39,40)28-17-9-4-10-18-28)29(25-13-5-2-6-14-25)23-32(38)26-15-7-3-8-16-26/h2-22,24,29H,23H2,1H3. The molecule has 41 heavy (non-hydrogen) atoms. The van der Waals surface area contributed by atoms with Crippen LogP contribution in [0, 0.1) is 0 Å². The Morgan fingerprint density at radius 2 is 1.29 bits per heavy atom. The number of hydrogen-bond donors (Lipinski definition) is 0. The van der Waals surface area contributed by atoms with Crippen molar-refractivity contribution in [1.29, 1.82) is 0 Å². The molecule has 2 unspecified atom stereocenters. The Labute approximate surface area is 238 Å². The third kappa shape index (κ3) is 4.87. The Hall–Kier alpha value is -4.82. The molecule has 0 N–H and O–H groups in total. The third-order valence-electron chi connectivity index (χ3n) is 7.64. The van der Waals surface area contributed by atoms with Gasteiger partial charge in [-0.1, -0.05) is 91.0 Å². The number of aromatic nitrogens is 4. The minimum Gasteiger partial charge on any atom is -0.294 e. The summed E-state index contributed by atoms with van der Waals surface area (Å²) in [5, 5.41) is 9.71. The highest BCUT2D eigenvalue weighted by molar-refractivity contribution is 7.90. The van der Waals surface area contributed by atoms with Crippen LogP contribution in [0.15, 0.2) is 139 Å². The van der Waals surface area contributed by atoms with Crippen molar-refractivity contribution in [2.75, 3.05) is 0 Å². The molecule has 0 saturated heterocycles. The van der Waals surface area contributed by atoms with Crippen LogP contribution in [-0.4, -0.2) is 33.2 Å². The second-order valence-corrected chi connectivity index (χ2v) is 12.0. The number of nitrogens with zero attached hydrogens (tertiary/aromatic N) is 4. The number of carbonyl (C=O) groups is 1. The summed E-state index contributed by atoms with van der Waals surface area (Å²) < 4.78 is 28.3. The van der Waals surface area contributed by atoms with Crippen molar-refractivity contribution in [1.82, 2.24) is 19.0 Å². The predicted molar refractivity (Wildman–Crippen MR) is 158 cm³/mol. The average molecular weight is 561 g/mol. The van der Waals surface area contributed by atoms with E-state index in [0.717, 1.165) is 5.56 Å². The van der Waals surface area contributed by atoms with Gasteiger partial charge in [0, 0.05) is 35.9 Å². The van der Waals surface area contributed by atoms with E-state index in [2.05, 4.69) is 0 Å². The van der Waals surface area contributed by atoms with Gasteiger partial charge < -0.3 is 0 Å². The van der Waals surface area contributed by atoms with E-state index in [1.165, 1.54) is 3.97 Å². The second-order valence-electron chi connectivity index (χ2n) is 10.1. The van der Waals surface area contributed by atoms with E-state index < -0.39 is 21.5 Å². The lowest BCUT2D eigenvalue weighted by Gasteiger charge is -2.37. The molecule has 0 aliphatic carbocycles. The van der Waals surface area contributed by atoms with Crippen molar-refractivity contribution >= 4 is 26.8 Å². The zero-order valence-corrected chi connectivity index (χ0v) is 23.2. The first-order chi connectivity index (χ1) is 19.9. The number of carbonyl (C=O) groups excluding carboxylic acids is 1. The predicted octanol–water partition coefficient (Wildman–Crippen LogP) is 6.29. The lowest BCUT2D eigenvalue weighted by Crippen LogP contribution is -2.41. The van der Waals surface area contributed by atoms with Crippen LogP contribution >= 0.6 is 0 Å². The Morgan fingerprint density at radius 1 is 0.756 bits per heavy atom. The van der Waals surface area contributed by atoms with E-state index in [1.807, 2.05) is 91.9 Å². The normalized spacial score (nSPS) is 14.0. The van der Waals surface area contributed by atoms with Gasteiger partial charge in [-0.2, -0.15) is 15.0 Å². The van der Waals surface area contributed by atoms with E-state index in [1.54, 1.807) is 53.6 Å². The smallest absolute Gasteiger partial charge is 0.267 e. The van der Waals surface area contributed by atoms with Gasteiger partial charge in [-0.15, -0.1) is 0 Å². The second kappa shape index (κ2) is 10.6. The van der Waals surface area contributed by atoms with Crippen molar-refractivity contribution < 1.29 is 13.2 Å². The quantitative estimate of drug-likeness (QED) is 0.194. The van der Waals surface area contributed by atoms with Gasteiger partial charge in [0.2, 0.25) is 0 Å². The molecule has 4 aromatic carbocycles. The fourth-order valence-electron chi connectivity index (χ4n) is 5.32. The molecular weight excluding hydrogens is 532 g/mol. The maximum Gasteiger partial charge on any atom is 0.267 e. The zero-order valence-electron chi connectivity index (χ0n) is 22.4. The van der Waals surface area contributed by atoms with Crippen LogP contribution in [0.4, 0.5) is 0 Å². The highest BCUT2D eigenvalue weighted by Crippen LogP contribution is 2.43. The topological polar surface area (TPSA) is 86.9 Å². The molecule has 0 fully saturated rings. The van der Waals surface area contributed by atoms with Crippen LogP contribution in [0.25, 0.3) is 11.0 Å². The van der Waals surface area contributed by atoms with Crippen LogP contribution in [0.3, 0.4) is 0 Å². The van der Waals surface area contributed by atoms with Gasteiger partial charge in [-0.25, -0.2) is 12.4 Å². The summed E-state index contributed by atoms with van der Waals surface area (Å²) in [5.74, 6) is -0.466. The molecule has 6 rings (SSSR count). The Bertz CT molecular complexity index is 1880. The van der Waals surface area contributed by atoms with E-state index in [0.29, 0.717) is 22.2 Å². The molecule has 2 atom stereocenters. The van der Waals surface area contributed by atoms with Crippen LogP contribution in [0.1, 0.15) is 40.7 Å². The Morgan fingerprint density at radius 3 is 1.90 bits per heavy atom. The zero-order chi connectivity index (χ0) is 28.5. The molecule has 0 amide bonds. The summed E-state index contributed by atoms with van der Waals surface area (Å²) in [6, 6.07) is 36.6. The lowest BCUT2D eigenvalue weighted by molar-refractivity contribution is 0.0947. The van der Waals surface area contributed by atoms with Crippen LogP contribution in [0.5, 0.6) is 0 Å². The molecule has 7 nitrogen and oxygen atoms in total. The van der Waals surface area contributed by atoms with E-state index in [-0.39, 0.29) is 17.1 Å². The highest BCUT2D eigenvalue weighted by atomic mass is 32.2. The summed E-state index contributed by atoms with van der Waals surface area (Å²) in [6.07, 6.45) is 3.30. The fourth-order valence-corrected chi connectivity index (χ4v) is 6.54. The number of benzene rings is 4. The number of ketones is 1. The fraction of sp³-hybridized carbons (Fsp3) is 0.121. The van der Waals surface area contributed by atoms with Gasteiger partial charge in [-0.3, -0.25) is 4.79 Å². The van der Waals surface area contributed by atoms with Crippen molar-refractivity contribution in [2.24, 2.45) is 0 Å². The molecule has 0 aliphatic rings. The molecule has 0 radical (unpaired) electrons. The maximum absolute atomic E-state index is 13.7. The molecule has 6 aromatic rings. The van der Waals surface area contributed by atoms with Crippen LogP contribution < -0.4 is 0 Å². The van der Waals surface area contributed by atoms with Gasteiger partial charge >= 0.3 is 0 Å². The molecule has 0 saturated carbocycles. The molecule has 0 bridgehead atoms. The minimum absolute atomic E-state index is 0.0290. The van der Waals surface area contributed by atoms with Crippen molar-refractivity contribution in [3.05, 3.63) is 150 Å². The van der Waals surface area contributed by atoms with Crippen molar-refractivity contribution in [3.8, 4) is 0 Å². The Kier molecular flexibility index (Phi) is 6.85. The van der Waals surface area contributed by atoms with Crippen LogP contribution in [0.2, 0.25) is 0 Å². The average Bonchev–Trinajstić information content (AvgIpc) is 3.70. The molecule has 0 spiro atoms. The highest BCUT2D eigenvalue weighted by Gasteiger charge is 2.43. The van der Waals surface area contributed by atoms with Crippen LogP contribution in [-0.2, 0) is 15.6 Å². The van der Waals surface area contributed by atoms with Gasteiger partial charge in [0.25, 0.3) is 10.0 Å². The van der Waals surface area contributed by atoms with Gasteiger partial charge in [0.15, 0.2) is 5.78 Å². The summed E-state index contributed by atoms with van der Waals surface area (Å²) in [4.78, 5) is 15.5. The number of rotatable bonds is 9. The SMILES string of the molecule is CC(c1ccn(S(=O)(=O)c2ccccc2)c1)(C(CC(=O)c1ccccc1)c1ccccc1)n1nc2ccccc2n1. The maximum atomic E-state index is 13.7. The monoisotopic (exact) mass is 560 g/mol. The molecule has 2 aromatic heterocycles. The number of hydrogen-bond acceptors (Lipinski definition) is 5. The lowest BCUT2D eigenvalue weighted by atomic mass is 9.74. The van der Waals surface area contributed by atoms with E-state index >= 15 is 0 Å². The molecule has 204 valence electrons. The summed E-state index contributed by atoms with van der Waals surface area (Å²) in [7, 11) is -3.84. The van der Waals surface area contributed by atoms with E-state index in [4.69, 9.17) is 10.2 Å². The summed E-state index contributed by atoms with van der Waals surface area (Å²) in [6.45, 7) is 1.97. The molecule has 0 aliphatic heterocycles. The number of fused-ring (bicyclic) bond motifs is 1. The molecule has 8 heteroatoms. The van der Waals surface area contributed by atoms with Gasteiger partial charge in [-0.05, 0) is 42.8 Å². The van der Waals surface area contributed by atoms with Gasteiger partial charge in [0.1, 0.15) is 16.6 Å². The largest absolute Gasteiger partial charge is 0.294 e. The first kappa shape index (κ1) is 26.4. The molecule has 2 heterocycles. The summed E-state index contributed by atoms with van der Waals surface area (Å²) >= 11 is 0. The number of Topliss-reactive ketones (excluding diaryl/α,β-unsaturated/α-hetero) is 1. The third-order valence-corrected chi connectivity index (χ3v) is 9.29. The van der Waals surface area contributed by atoms with Crippen molar-refractivity contribution in [3.63, 3.8) is 0 Å². The van der Waals surface area contributed by atoms with Crippen molar-refractivity contribution in [2.45, 2.75) is 29.7 Å². The minimum atomic E-state index is -3.84. The first-order valence-corrected chi connectivity index (χ1v) is 14.8. The Balaban J connectivity index is 1.54.